The second-order valence-electron chi connectivity index (χ2n) is 6.22. The lowest BCUT2D eigenvalue weighted by Crippen LogP contribution is -2.47. The Labute approximate surface area is 134 Å². The van der Waals surface area contributed by atoms with E-state index in [4.69, 9.17) is 4.42 Å². The highest BCUT2D eigenvalue weighted by Crippen LogP contribution is 2.30. The van der Waals surface area contributed by atoms with E-state index in [1.54, 1.807) is 0 Å². The Bertz CT molecular complexity index is 675. The summed E-state index contributed by atoms with van der Waals surface area (Å²) >= 11 is 0. The third-order valence-electron chi connectivity index (χ3n) is 4.23. The largest absolute Gasteiger partial charge is 0.421 e. The second-order valence-corrected chi connectivity index (χ2v) is 6.22. The summed E-state index contributed by atoms with van der Waals surface area (Å²) in [7, 11) is 0. The number of carbonyl (C=O) groups is 1. The highest BCUT2D eigenvalue weighted by Gasteiger charge is 2.34. The van der Waals surface area contributed by atoms with E-state index in [9.17, 15) is 9.90 Å². The Balaban J connectivity index is 1.49. The maximum absolute atomic E-state index is 11.8. The fourth-order valence-corrected chi connectivity index (χ4v) is 2.50. The third kappa shape index (κ3) is 3.96. The molecule has 0 aliphatic heterocycles. The van der Waals surface area contributed by atoms with Gasteiger partial charge in [0, 0.05) is 24.9 Å². The Kier molecular flexibility index (Phi) is 4.43. The third-order valence-corrected chi connectivity index (χ3v) is 4.23. The number of amides is 1. The topological polar surface area (TPSA) is 88.2 Å². The van der Waals surface area contributed by atoms with Gasteiger partial charge < -0.3 is 14.8 Å². The minimum atomic E-state index is -0.696. The van der Waals surface area contributed by atoms with Gasteiger partial charge in [0.2, 0.25) is 17.7 Å². The summed E-state index contributed by atoms with van der Waals surface area (Å²) in [4.78, 5) is 11.8. The van der Waals surface area contributed by atoms with Gasteiger partial charge in [0.05, 0.1) is 5.60 Å². The molecule has 1 aromatic carbocycles. The van der Waals surface area contributed by atoms with Crippen LogP contribution in [0.4, 0.5) is 0 Å². The molecule has 1 aromatic heterocycles. The van der Waals surface area contributed by atoms with Crippen molar-refractivity contribution in [1.29, 1.82) is 0 Å². The normalized spacial score (nSPS) is 15.9. The predicted octanol–water partition coefficient (Wildman–Crippen LogP) is 2.01. The molecule has 6 nitrogen and oxygen atoms in total. The van der Waals surface area contributed by atoms with Crippen LogP contribution in [0, 0.1) is 6.92 Å². The second kappa shape index (κ2) is 6.50. The minimum absolute atomic E-state index is 0.111. The quantitative estimate of drug-likeness (QED) is 0.851. The lowest BCUT2D eigenvalue weighted by atomic mass is 9.80. The molecule has 0 radical (unpaired) electrons. The maximum atomic E-state index is 11.8. The number of hydrogen-bond donors (Lipinski definition) is 2. The first-order valence-corrected chi connectivity index (χ1v) is 7.93. The summed E-state index contributed by atoms with van der Waals surface area (Å²) in [5, 5.41) is 20.7. The van der Waals surface area contributed by atoms with Crippen molar-refractivity contribution in [3.05, 3.63) is 35.7 Å². The number of carbonyl (C=O) groups excluding carboxylic acids is 1. The fraction of sp³-hybridized carbons (Fsp3) is 0.471. The van der Waals surface area contributed by atoms with Crippen LogP contribution in [0.25, 0.3) is 11.5 Å². The van der Waals surface area contributed by atoms with Crippen LogP contribution in [0.15, 0.2) is 28.7 Å². The zero-order valence-electron chi connectivity index (χ0n) is 13.2. The zero-order chi connectivity index (χ0) is 16.3. The van der Waals surface area contributed by atoms with Crippen LogP contribution in [0.2, 0.25) is 0 Å². The zero-order valence-corrected chi connectivity index (χ0v) is 13.2. The molecule has 1 fully saturated rings. The Morgan fingerprint density at radius 2 is 2.04 bits per heavy atom. The molecule has 1 saturated carbocycles. The van der Waals surface area contributed by atoms with E-state index in [0.29, 0.717) is 24.7 Å². The monoisotopic (exact) mass is 315 g/mol. The van der Waals surface area contributed by atoms with Crippen LogP contribution in [0.5, 0.6) is 0 Å². The molecule has 2 N–H and O–H groups in total. The van der Waals surface area contributed by atoms with Crippen LogP contribution < -0.4 is 5.32 Å². The molecule has 0 saturated heterocycles. The van der Waals surface area contributed by atoms with Crippen molar-refractivity contribution >= 4 is 5.91 Å². The van der Waals surface area contributed by atoms with Crippen molar-refractivity contribution in [2.45, 2.75) is 44.6 Å². The van der Waals surface area contributed by atoms with E-state index in [0.717, 1.165) is 24.8 Å². The molecule has 1 aliphatic rings. The number of hydrogen-bond acceptors (Lipinski definition) is 5. The average molecular weight is 315 g/mol. The summed E-state index contributed by atoms with van der Waals surface area (Å²) in [5.41, 5.74) is 1.34. The first-order valence-electron chi connectivity index (χ1n) is 7.93. The first-order chi connectivity index (χ1) is 11.0. The van der Waals surface area contributed by atoms with Gasteiger partial charge in [-0.1, -0.05) is 17.7 Å². The molecule has 3 rings (SSSR count). The summed E-state index contributed by atoms with van der Waals surface area (Å²) < 4.78 is 5.59. The van der Waals surface area contributed by atoms with Gasteiger partial charge in [0.1, 0.15) is 0 Å². The van der Waals surface area contributed by atoms with E-state index < -0.39 is 5.60 Å². The smallest absolute Gasteiger partial charge is 0.247 e. The van der Waals surface area contributed by atoms with E-state index in [-0.39, 0.29) is 12.3 Å². The van der Waals surface area contributed by atoms with Crippen LogP contribution in [-0.4, -0.2) is 33.4 Å². The number of rotatable bonds is 6. The van der Waals surface area contributed by atoms with Crippen molar-refractivity contribution in [2.75, 3.05) is 6.54 Å². The summed E-state index contributed by atoms with van der Waals surface area (Å²) in [6, 6.07) is 7.83. The maximum Gasteiger partial charge on any atom is 0.247 e. The first kappa shape index (κ1) is 15.7. The van der Waals surface area contributed by atoms with Gasteiger partial charge in [-0.2, -0.15) is 0 Å². The molecule has 0 atom stereocenters. The molecule has 0 unspecified atom stereocenters. The molecular weight excluding hydrogens is 294 g/mol. The van der Waals surface area contributed by atoms with Crippen LogP contribution in [-0.2, 0) is 11.2 Å². The van der Waals surface area contributed by atoms with Gasteiger partial charge >= 0.3 is 0 Å². The minimum Gasteiger partial charge on any atom is -0.421 e. The Morgan fingerprint density at radius 3 is 2.70 bits per heavy atom. The molecule has 122 valence electrons. The SMILES string of the molecule is Cc1ccc(-c2nnc(CCC(=O)NCC3(O)CCC3)o2)cc1. The molecule has 23 heavy (non-hydrogen) atoms. The fourth-order valence-electron chi connectivity index (χ4n) is 2.50. The van der Waals surface area contributed by atoms with Crippen LogP contribution in [0.1, 0.15) is 37.1 Å². The summed E-state index contributed by atoms with van der Waals surface area (Å²) in [5.74, 6) is 0.794. The van der Waals surface area contributed by atoms with Crippen molar-refractivity contribution in [2.24, 2.45) is 0 Å². The molecule has 0 spiro atoms. The van der Waals surface area contributed by atoms with E-state index in [2.05, 4.69) is 15.5 Å². The molecule has 1 amide bonds. The van der Waals surface area contributed by atoms with Gasteiger partial charge in [0.15, 0.2) is 0 Å². The number of aliphatic hydroxyl groups is 1. The van der Waals surface area contributed by atoms with Crippen LogP contribution in [0.3, 0.4) is 0 Å². The van der Waals surface area contributed by atoms with E-state index >= 15 is 0 Å². The number of nitrogens with zero attached hydrogens (tertiary/aromatic N) is 2. The number of nitrogens with one attached hydrogen (secondary N) is 1. The van der Waals surface area contributed by atoms with Crippen molar-refractivity contribution in [1.82, 2.24) is 15.5 Å². The molecule has 1 heterocycles. The molecule has 0 bridgehead atoms. The van der Waals surface area contributed by atoms with E-state index in [1.165, 1.54) is 5.56 Å². The molecular formula is C17H21N3O3. The standard InChI is InChI=1S/C17H21N3O3/c1-12-3-5-13(6-4-12)16-20-19-15(23-16)8-7-14(21)18-11-17(22)9-2-10-17/h3-6,22H,2,7-11H2,1H3,(H,18,21). The summed E-state index contributed by atoms with van der Waals surface area (Å²) in [6.45, 7) is 2.34. The summed E-state index contributed by atoms with van der Waals surface area (Å²) in [6.07, 6.45) is 3.21. The van der Waals surface area contributed by atoms with Gasteiger partial charge in [0.25, 0.3) is 0 Å². The molecule has 6 heteroatoms. The molecule has 1 aliphatic carbocycles. The van der Waals surface area contributed by atoms with Crippen molar-refractivity contribution in [3.63, 3.8) is 0 Å². The van der Waals surface area contributed by atoms with Crippen LogP contribution >= 0.6 is 0 Å². The highest BCUT2D eigenvalue weighted by molar-refractivity contribution is 5.76. The van der Waals surface area contributed by atoms with Gasteiger partial charge in [-0.05, 0) is 38.3 Å². The van der Waals surface area contributed by atoms with E-state index in [1.807, 2.05) is 31.2 Å². The number of aryl methyl sites for hydroxylation is 2. The molecule has 2 aromatic rings. The lowest BCUT2D eigenvalue weighted by molar-refractivity contribution is -0.123. The van der Waals surface area contributed by atoms with Crippen molar-refractivity contribution < 1.29 is 14.3 Å². The Hall–Kier alpha value is -2.21. The van der Waals surface area contributed by atoms with Gasteiger partial charge in [-0.3, -0.25) is 4.79 Å². The Morgan fingerprint density at radius 1 is 1.30 bits per heavy atom. The average Bonchev–Trinajstić information content (AvgIpc) is 2.98. The van der Waals surface area contributed by atoms with Gasteiger partial charge in [-0.15, -0.1) is 10.2 Å². The number of aromatic nitrogens is 2. The lowest BCUT2D eigenvalue weighted by Gasteiger charge is -2.36. The highest BCUT2D eigenvalue weighted by atomic mass is 16.4. The number of benzene rings is 1. The van der Waals surface area contributed by atoms with Gasteiger partial charge in [-0.25, -0.2) is 0 Å². The van der Waals surface area contributed by atoms with Crippen molar-refractivity contribution in [3.8, 4) is 11.5 Å². The predicted molar refractivity (Wildman–Crippen MR) is 84.6 cm³/mol.